The fraction of sp³-hybridized carbons (Fsp3) is 0.316. The molecule has 9 nitrogen and oxygen atoms in total. The van der Waals surface area contributed by atoms with E-state index in [2.05, 4.69) is 26.2 Å². The molecule has 2 aromatic heterocycles. The standard InChI is InChI=1S/C19H20N6O3/c26-17(7-2-10-20-19(27)16-6-3-11-28-16)21-14-5-1-4-13(12-14)18-22-23-24-25(18)15-8-9-15/h1,3-6,11-12,15H,2,7-10H2,(H,20,27)(H,21,26). The van der Waals surface area contributed by atoms with Crippen LogP contribution in [0.3, 0.4) is 0 Å². The molecule has 28 heavy (non-hydrogen) atoms. The molecule has 0 atom stereocenters. The van der Waals surface area contributed by atoms with Gasteiger partial charge in [-0.15, -0.1) is 5.10 Å². The van der Waals surface area contributed by atoms with Crippen molar-refractivity contribution in [3.05, 3.63) is 48.4 Å². The first-order valence-corrected chi connectivity index (χ1v) is 9.20. The molecule has 1 saturated carbocycles. The second kappa shape index (κ2) is 8.03. The number of nitrogens with one attached hydrogen (secondary N) is 2. The van der Waals surface area contributed by atoms with E-state index in [0.29, 0.717) is 36.9 Å². The number of nitrogens with zero attached hydrogens (tertiary/aromatic N) is 4. The summed E-state index contributed by atoms with van der Waals surface area (Å²) in [5.74, 6) is 0.562. The molecule has 1 aromatic carbocycles. The van der Waals surface area contributed by atoms with Crippen LogP contribution >= 0.6 is 0 Å². The van der Waals surface area contributed by atoms with Gasteiger partial charge in [-0.25, -0.2) is 4.68 Å². The second-order valence-electron chi connectivity index (χ2n) is 6.64. The van der Waals surface area contributed by atoms with Crippen LogP contribution in [0, 0.1) is 0 Å². The van der Waals surface area contributed by atoms with Gasteiger partial charge in [0, 0.05) is 24.2 Å². The number of anilines is 1. The highest BCUT2D eigenvalue weighted by Gasteiger charge is 2.28. The molecule has 144 valence electrons. The van der Waals surface area contributed by atoms with Gasteiger partial charge in [-0.05, 0) is 54.0 Å². The first kappa shape index (κ1) is 17.9. The van der Waals surface area contributed by atoms with Crippen LogP contribution < -0.4 is 10.6 Å². The van der Waals surface area contributed by atoms with Gasteiger partial charge in [0.25, 0.3) is 5.91 Å². The summed E-state index contributed by atoms with van der Waals surface area (Å²) in [5.41, 5.74) is 1.55. The van der Waals surface area contributed by atoms with Gasteiger partial charge in [-0.3, -0.25) is 9.59 Å². The Morgan fingerprint density at radius 1 is 1.21 bits per heavy atom. The second-order valence-corrected chi connectivity index (χ2v) is 6.64. The monoisotopic (exact) mass is 380 g/mol. The minimum absolute atomic E-state index is 0.119. The third kappa shape index (κ3) is 4.25. The smallest absolute Gasteiger partial charge is 0.286 e. The van der Waals surface area contributed by atoms with Gasteiger partial charge in [-0.1, -0.05) is 12.1 Å². The number of aromatic nitrogens is 4. The van der Waals surface area contributed by atoms with Crippen molar-refractivity contribution in [2.45, 2.75) is 31.7 Å². The molecule has 9 heteroatoms. The van der Waals surface area contributed by atoms with E-state index in [9.17, 15) is 9.59 Å². The van der Waals surface area contributed by atoms with Crippen LogP contribution in [0.25, 0.3) is 11.4 Å². The SMILES string of the molecule is O=C(CCCNC(=O)c1ccco1)Nc1cccc(-c2nnnn2C2CC2)c1. The lowest BCUT2D eigenvalue weighted by Crippen LogP contribution is -2.25. The van der Waals surface area contributed by atoms with E-state index in [4.69, 9.17) is 4.42 Å². The third-order valence-corrected chi connectivity index (χ3v) is 4.40. The fourth-order valence-corrected chi connectivity index (χ4v) is 2.85. The summed E-state index contributed by atoms with van der Waals surface area (Å²) < 4.78 is 6.85. The average molecular weight is 380 g/mol. The Kier molecular flexibility index (Phi) is 5.14. The molecule has 2 N–H and O–H groups in total. The predicted octanol–water partition coefficient (Wildman–Crippen LogP) is 2.42. The van der Waals surface area contributed by atoms with Crippen LogP contribution in [0.5, 0.6) is 0 Å². The molecular formula is C19H20N6O3. The topological polar surface area (TPSA) is 115 Å². The molecule has 1 fully saturated rings. The van der Waals surface area contributed by atoms with Crippen LogP contribution in [-0.2, 0) is 4.79 Å². The molecule has 2 heterocycles. The highest BCUT2D eigenvalue weighted by Crippen LogP contribution is 2.36. The number of furan rings is 1. The molecule has 0 unspecified atom stereocenters. The Bertz CT molecular complexity index is 962. The van der Waals surface area contributed by atoms with Crippen LogP contribution in [0.2, 0.25) is 0 Å². The van der Waals surface area contributed by atoms with Crippen molar-refractivity contribution in [3.63, 3.8) is 0 Å². The highest BCUT2D eigenvalue weighted by molar-refractivity contribution is 5.92. The lowest BCUT2D eigenvalue weighted by Gasteiger charge is -2.08. The lowest BCUT2D eigenvalue weighted by molar-refractivity contribution is -0.116. The zero-order valence-electron chi connectivity index (χ0n) is 15.2. The zero-order valence-corrected chi connectivity index (χ0v) is 15.2. The number of carbonyl (C=O) groups excluding carboxylic acids is 2. The van der Waals surface area contributed by atoms with Crippen LogP contribution in [-0.4, -0.2) is 38.6 Å². The maximum absolute atomic E-state index is 12.2. The normalized spacial score (nSPS) is 13.3. The number of hydrogen-bond donors (Lipinski definition) is 2. The number of carbonyl (C=O) groups is 2. The number of hydrogen-bond acceptors (Lipinski definition) is 6. The number of benzene rings is 1. The van der Waals surface area contributed by atoms with E-state index < -0.39 is 0 Å². The van der Waals surface area contributed by atoms with E-state index in [1.807, 2.05) is 28.9 Å². The summed E-state index contributed by atoms with van der Waals surface area (Å²) in [7, 11) is 0. The summed E-state index contributed by atoms with van der Waals surface area (Å²) in [6.07, 6.45) is 4.44. The molecule has 0 spiro atoms. The van der Waals surface area contributed by atoms with E-state index in [1.165, 1.54) is 6.26 Å². The summed E-state index contributed by atoms with van der Waals surface area (Å²) in [4.78, 5) is 23.9. The van der Waals surface area contributed by atoms with Crippen molar-refractivity contribution in [3.8, 4) is 11.4 Å². The van der Waals surface area contributed by atoms with Gasteiger partial charge >= 0.3 is 0 Å². The van der Waals surface area contributed by atoms with Gasteiger partial charge in [0.15, 0.2) is 11.6 Å². The van der Waals surface area contributed by atoms with Gasteiger partial charge in [0.1, 0.15) is 0 Å². The zero-order chi connectivity index (χ0) is 19.3. The Morgan fingerprint density at radius 3 is 2.89 bits per heavy atom. The van der Waals surface area contributed by atoms with Crippen molar-refractivity contribution < 1.29 is 14.0 Å². The lowest BCUT2D eigenvalue weighted by atomic mass is 10.2. The molecule has 3 aromatic rings. The van der Waals surface area contributed by atoms with Crippen LogP contribution in [0.4, 0.5) is 5.69 Å². The largest absolute Gasteiger partial charge is 0.459 e. The molecule has 1 aliphatic rings. The molecule has 1 aliphatic carbocycles. The summed E-state index contributed by atoms with van der Waals surface area (Å²) in [5, 5.41) is 17.5. The first-order valence-electron chi connectivity index (χ1n) is 9.20. The summed E-state index contributed by atoms with van der Waals surface area (Å²) in [6, 6.07) is 11.1. The Morgan fingerprint density at radius 2 is 2.11 bits per heavy atom. The van der Waals surface area contributed by atoms with Crippen molar-refractivity contribution >= 4 is 17.5 Å². The molecule has 0 radical (unpaired) electrons. The Labute approximate surface area is 161 Å². The molecule has 2 amide bonds. The van der Waals surface area contributed by atoms with E-state index in [1.54, 1.807) is 12.1 Å². The van der Waals surface area contributed by atoms with Crippen LogP contribution in [0.1, 0.15) is 42.3 Å². The maximum Gasteiger partial charge on any atom is 0.286 e. The van der Waals surface area contributed by atoms with Gasteiger partial charge in [-0.2, -0.15) is 0 Å². The van der Waals surface area contributed by atoms with Crippen molar-refractivity contribution in [2.75, 3.05) is 11.9 Å². The Hall–Kier alpha value is -3.49. The molecule has 0 bridgehead atoms. The van der Waals surface area contributed by atoms with Gasteiger partial charge in [0.05, 0.1) is 12.3 Å². The van der Waals surface area contributed by atoms with E-state index in [0.717, 1.165) is 18.4 Å². The Balaban J connectivity index is 1.27. The fourth-order valence-electron chi connectivity index (χ4n) is 2.85. The van der Waals surface area contributed by atoms with Crippen molar-refractivity contribution in [2.24, 2.45) is 0 Å². The predicted molar refractivity (Wildman–Crippen MR) is 100 cm³/mol. The van der Waals surface area contributed by atoms with E-state index >= 15 is 0 Å². The quantitative estimate of drug-likeness (QED) is 0.580. The summed E-state index contributed by atoms with van der Waals surface area (Å²) in [6.45, 7) is 0.392. The molecule has 4 rings (SSSR count). The molecular weight excluding hydrogens is 360 g/mol. The first-order chi connectivity index (χ1) is 13.7. The van der Waals surface area contributed by atoms with E-state index in [-0.39, 0.29) is 17.6 Å². The summed E-state index contributed by atoms with van der Waals surface area (Å²) >= 11 is 0. The van der Waals surface area contributed by atoms with Crippen LogP contribution in [0.15, 0.2) is 47.1 Å². The minimum atomic E-state index is -0.286. The van der Waals surface area contributed by atoms with Crippen molar-refractivity contribution in [1.29, 1.82) is 0 Å². The number of rotatable bonds is 8. The number of tetrazole rings is 1. The van der Waals surface area contributed by atoms with Crippen molar-refractivity contribution in [1.82, 2.24) is 25.5 Å². The highest BCUT2D eigenvalue weighted by atomic mass is 16.3. The maximum atomic E-state index is 12.2. The third-order valence-electron chi connectivity index (χ3n) is 4.40. The molecule has 0 aliphatic heterocycles. The van der Waals surface area contributed by atoms with Gasteiger partial charge in [0.2, 0.25) is 5.91 Å². The average Bonchev–Trinajstić information content (AvgIpc) is 3.20. The van der Waals surface area contributed by atoms with Gasteiger partial charge < -0.3 is 15.1 Å². The molecule has 0 saturated heterocycles. The minimum Gasteiger partial charge on any atom is -0.459 e. The number of amides is 2.